The van der Waals surface area contributed by atoms with Crippen LogP contribution in [0.15, 0.2) is 30.3 Å². The second-order valence-corrected chi connectivity index (χ2v) is 4.85. The summed E-state index contributed by atoms with van der Waals surface area (Å²) in [5, 5.41) is 10.6. The lowest BCUT2D eigenvalue weighted by atomic mass is 9.96. The summed E-state index contributed by atoms with van der Waals surface area (Å²) in [6.45, 7) is 0. The fourth-order valence-corrected chi connectivity index (χ4v) is 2.48. The molecule has 0 bridgehead atoms. The molecule has 3 rings (SSSR count). The lowest BCUT2D eigenvalue weighted by Gasteiger charge is -2.21. The standard InChI is InChI=1S/C14H18N4/c1-3-7-11(8-4-1)13-16-14(18-17-13)15-12-9-5-2-6-10-12/h1,3-4,7-8,12H,2,5-6,9-10H2,(H2,15,16,17,18). The maximum absolute atomic E-state index is 4.50. The molecule has 1 fully saturated rings. The van der Waals surface area contributed by atoms with E-state index in [-0.39, 0.29) is 0 Å². The highest BCUT2D eigenvalue weighted by atomic mass is 15.3. The highest BCUT2D eigenvalue weighted by molar-refractivity contribution is 5.55. The van der Waals surface area contributed by atoms with Crippen molar-refractivity contribution >= 4 is 5.95 Å². The van der Waals surface area contributed by atoms with Crippen LogP contribution in [0.2, 0.25) is 0 Å². The Bertz CT molecular complexity index is 486. The Balaban J connectivity index is 1.69. The molecular weight excluding hydrogens is 224 g/mol. The number of H-pyrrole nitrogens is 1. The molecule has 94 valence electrons. The van der Waals surface area contributed by atoms with Gasteiger partial charge in [0.25, 0.3) is 0 Å². The van der Waals surface area contributed by atoms with Crippen molar-refractivity contribution in [2.24, 2.45) is 0 Å². The zero-order valence-electron chi connectivity index (χ0n) is 10.4. The van der Waals surface area contributed by atoms with Gasteiger partial charge in [-0.25, -0.2) is 0 Å². The molecule has 1 saturated carbocycles. The first-order valence-electron chi connectivity index (χ1n) is 6.66. The van der Waals surface area contributed by atoms with E-state index in [0.29, 0.717) is 6.04 Å². The lowest BCUT2D eigenvalue weighted by Crippen LogP contribution is -2.22. The topological polar surface area (TPSA) is 53.6 Å². The van der Waals surface area contributed by atoms with Gasteiger partial charge in [-0.2, -0.15) is 4.98 Å². The van der Waals surface area contributed by atoms with Gasteiger partial charge in [0.05, 0.1) is 0 Å². The minimum atomic E-state index is 0.540. The van der Waals surface area contributed by atoms with E-state index < -0.39 is 0 Å². The smallest absolute Gasteiger partial charge is 0.242 e. The monoisotopic (exact) mass is 242 g/mol. The number of hydrogen-bond acceptors (Lipinski definition) is 3. The van der Waals surface area contributed by atoms with E-state index in [9.17, 15) is 0 Å². The van der Waals surface area contributed by atoms with Crippen molar-refractivity contribution < 1.29 is 0 Å². The molecule has 0 saturated heterocycles. The van der Waals surface area contributed by atoms with E-state index in [4.69, 9.17) is 0 Å². The number of benzene rings is 1. The first-order chi connectivity index (χ1) is 8.92. The third-order valence-corrected chi connectivity index (χ3v) is 3.47. The van der Waals surface area contributed by atoms with Gasteiger partial charge in [0.1, 0.15) is 0 Å². The Morgan fingerprint density at radius 2 is 1.83 bits per heavy atom. The van der Waals surface area contributed by atoms with Gasteiger partial charge in [-0.15, -0.1) is 5.10 Å². The van der Waals surface area contributed by atoms with Crippen LogP contribution >= 0.6 is 0 Å². The lowest BCUT2D eigenvalue weighted by molar-refractivity contribution is 0.461. The predicted octanol–water partition coefficient (Wildman–Crippen LogP) is 3.22. The van der Waals surface area contributed by atoms with Crippen molar-refractivity contribution in [1.82, 2.24) is 15.2 Å². The van der Waals surface area contributed by atoms with Crippen LogP contribution in [0.3, 0.4) is 0 Å². The molecule has 0 aliphatic heterocycles. The third-order valence-electron chi connectivity index (χ3n) is 3.47. The highest BCUT2D eigenvalue weighted by Crippen LogP contribution is 2.21. The maximum atomic E-state index is 4.50. The van der Waals surface area contributed by atoms with Crippen LogP contribution in [0.25, 0.3) is 11.4 Å². The summed E-state index contributed by atoms with van der Waals surface area (Å²) < 4.78 is 0. The van der Waals surface area contributed by atoms with E-state index in [2.05, 4.69) is 20.5 Å². The summed E-state index contributed by atoms with van der Waals surface area (Å²) in [6.07, 6.45) is 6.45. The van der Waals surface area contributed by atoms with Crippen LogP contribution in [0, 0.1) is 0 Å². The molecule has 0 atom stereocenters. The van der Waals surface area contributed by atoms with Gasteiger partial charge in [-0.1, -0.05) is 49.6 Å². The number of rotatable bonds is 3. The summed E-state index contributed by atoms with van der Waals surface area (Å²) in [5.74, 6) is 1.55. The van der Waals surface area contributed by atoms with E-state index in [1.165, 1.54) is 32.1 Å². The van der Waals surface area contributed by atoms with Crippen LogP contribution in [0.5, 0.6) is 0 Å². The molecule has 1 aromatic heterocycles. The Morgan fingerprint density at radius 3 is 2.61 bits per heavy atom. The number of aromatic nitrogens is 3. The van der Waals surface area contributed by atoms with Crippen molar-refractivity contribution in [1.29, 1.82) is 0 Å². The van der Waals surface area contributed by atoms with Gasteiger partial charge in [-0.3, -0.25) is 5.10 Å². The van der Waals surface area contributed by atoms with Gasteiger partial charge in [0.15, 0.2) is 5.82 Å². The molecule has 2 N–H and O–H groups in total. The number of hydrogen-bond donors (Lipinski definition) is 2. The second-order valence-electron chi connectivity index (χ2n) is 4.85. The molecular formula is C14H18N4. The molecule has 1 heterocycles. The molecule has 1 aromatic carbocycles. The van der Waals surface area contributed by atoms with E-state index in [1.807, 2.05) is 30.3 Å². The third kappa shape index (κ3) is 2.53. The van der Waals surface area contributed by atoms with Gasteiger partial charge < -0.3 is 5.32 Å². The number of aromatic amines is 1. The van der Waals surface area contributed by atoms with Crippen LogP contribution < -0.4 is 5.32 Å². The number of nitrogens with one attached hydrogen (secondary N) is 2. The van der Waals surface area contributed by atoms with E-state index in [1.54, 1.807) is 0 Å². The average Bonchev–Trinajstić information content (AvgIpc) is 2.89. The Morgan fingerprint density at radius 1 is 1.06 bits per heavy atom. The van der Waals surface area contributed by atoms with Gasteiger partial charge >= 0.3 is 0 Å². The van der Waals surface area contributed by atoms with Crippen molar-refractivity contribution in [3.05, 3.63) is 30.3 Å². The molecule has 4 nitrogen and oxygen atoms in total. The minimum Gasteiger partial charge on any atom is -0.350 e. The molecule has 18 heavy (non-hydrogen) atoms. The summed E-state index contributed by atoms with van der Waals surface area (Å²) in [5.41, 5.74) is 1.07. The first kappa shape index (κ1) is 11.3. The first-order valence-corrected chi connectivity index (χ1v) is 6.66. The van der Waals surface area contributed by atoms with Crippen LogP contribution in [-0.4, -0.2) is 21.2 Å². The summed E-state index contributed by atoms with van der Waals surface area (Å²) in [6, 6.07) is 10.6. The molecule has 0 radical (unpaired) electrons. The fourth-order valence-electron chi connectivity index (χ4n) is 2.48. The molecule has 1 aliphatic carbocycles. The quantitative estimate of drug-likeness (QED) is 0.869. The summed E-state index contributed by atoms with van der Waals surface area (Å²) >= 11 is 0. The largest absolute Gasteiger partial charge is 0.350 e. The average molecular weight is 242 g/mol. The predicted molar refractivity (Wildman–Crippen MR) is 72.3 cm³/mol. The number of nitrogens with zero attached hydrogens (tertiary/aromatic N) is 2. The zero-order valence-corrected chi connectivity index (χ0v) is 10.4. The summed E-state index contributed by atoms with van der Waals surface area (Å²) in [7, 11) is 0. The molecule has 4 heteroatoms. The Kier molecular flexibility index (Phi) is 3.26. The Labute approximate surface area is 107 Å². The van der Waals surface area contributed by atoms with Gasteiger partial charge in [0.2, 0.25) is 5.95 Å². The number of anilines is 1. The molecule has 1 aliphatic rings. The zero-order chi connectivity index (χ0) is 12.2. The molecule has 0 unspecified atom stereocenters. The van der Waals surface area contributed by atoms with Crippen LogP contribution in [0.4, 0.5) is 5.95 Å². The normalized spacial score (nSPS) is 16.7. The van der Waals surface area contributed by atoms with Crippen molar-refractivity contribution in [2.75, 3.05) is 5.32 Å². The molecule has 0 amide bonds. The van der Waals surface area contributed by atoms with Crippen molar-refractivity contribution in [2.45, 2.75) is 38.1 Å². The van der Waals surface area contributed by atoms with Crippen molar-refractivity contribution in [3.8, 4) is 11.4 Å². The summed E-state index contributed by atoms with van der Waals surface area (Å²) in [4.78, 5) is 4.50. The fraction of sp³-hybridized carbons (Fsp3) is 0.429. The Hall–Kier alpha value is -1.84. The van der Waals surface area contributed by atoms with Gasteiger partial charge in [0, 0.05) is 11.6 Å². The maximum Gasteiger partial charge on any atom is 0.242 e. The SMILES string of the molecule is c1ccc(-c2nc(NC3CCCCC3)n[nH]2)cc1. The van der Waals surface area contributed by atoms with Crippen LogP contribution in [-0.2, 0) is 0 Å². The van der Waals surface area contributed by atoms with Crippen molar-refractivity contribution in [3.63, 3.8) is 0 Å². The van der Waals surface area contributed by atoms with Gasteiger partial charge in [-0.05, 0) is 12.8 Å². The molecule has 0 spiro atoms. The second kappa shape index (κ2) is 5.21. The highest BCUT2D eigenvalue weighted by Gasteiger charge is 2.15. The van der Waals surface area contributed by atoms with Crippen LogP contribution in [0.1, 0.15) is 32.1 Å². The van der Waals surface area contributed by atoms with E-state index in [0.717, 1.165) is 17.3 Å². The minimum absolute atomic E-state index is 0.540. The van der Waals surface area contributed by atoms with E-state index >= 15 is 0 Å². The molecule has 2 aromatic rings.